The minimum atomic E-state index is 0.264. The molecule has 1 saturated heterocycles. The van der Waals surface area contributed by atoms with Crippen LogP contribution in [0.3, 0.4) is 0 Å². The Bertz CT molecular complexity index is 480. The third kappa shape index (κ3) is 3.26. The fourth-order valence-corrected chi connectivity index (χ4v) is 3.55. The van der Waals surface area contributed by atoms with Gasteiger partial charge in [-0.3, -0.25) is 4.79 Å². The highest BCUT2D eigenvalue weighted by Crippen LogP contribution is 2.26. The Kier molecular flexibility index (Phi) is 4.53. The SMILES string of the molecule is CCn1nncc1CNC1CC(=O)N(C2CCCCC2)C1. The van der Waals surface area contributed by atoms with Gasteiger partial charge in [-0.2, -0.15) is 0 Å². The predicted molar refractivity (Wildman–Crippen MR) is 79.5 cm³/mol. The first-order chi connectivity index (χ1) is 10.3. The van der Waals surface area contributed by atoms with E-state index in [2.05, 4.69) is 27.5 Å². The van der Waals surface area contributed by atoms with Crippen LogP contribution >= 0.6 is 0 Å². The van der Waals surface area contributed by atoms with E-state index < -0.39 is 0 Å². The van der Waals surface area contributed by atoms with E-state index in [0.717, 1.165) is 25.3 Å². The van der Waals surface area contributed by atoms with Crippen LogP contribution in [0.25, 0.3) is 0 Å². The summed E-state index contributed by atoms with van der Waals surface area (Å²) in [5, 5.41) is 11.5. The summed E-state index contributed by atoms with van der Waals surface area (Å²) in [7, 11) is 0. The first kappa shape index (κ1) is 14.5. The normalized spacial score (nSPS) is 24.0. The van der Waals surface area contributed by atoms with Gasteiger partial charge in [0.25, 0.3) is 0 Å². The Balaban J connectivity index is 1.52. The van der Waals surface area contributed by atoms with Gasteiger partial charge in [0.2, 0.25) is 5.91 Å². The van der Waals surface area contributed by atoms with Gasteiger partial charge in [0.15, 0.2) is 0 Å². The second-order valence-electron chi connectivity index (χ2n) is 6.16. The molecule has 21 heavy (non-hydrogen) atoms. The summed E-state index contributed by atoms with van der Waals surface area (Å²) in [6.45, 7) is 4.48. The molecule has 1 aromatic heterocycles. The van der Waals surface area contributed by atoms with Crippen molar-refractivity contribution < 1.29 is 4.79 Å². The fraction of sp³-hybridized carbons (Fsp3) is 0.800. The molecule has 1 aromatic rings. The Hall–Kier alpha value is -1.43. The molecule has 0 radical (unpaired) electrons. The summed E-state index contributed by atoms with van der Waals surface area (Å²) in [6, 6.07) is 0.750. The highest BCUT2D eigenvalue weighted by Gasteiger charge is 2.34. The molecule has 1 aliphatic carbocycles. The predicted octanol–water partition coefficient (Wildman–Crippen LogP) is 1.32. The Labute approximate surface area is 125 Å². The summed E-state index contributed by atoms with van der Waals surface area (Å²) >= 11 is 0. The summed E-state index contributed by atoms with van der Waals surface area (Å²) in [5.74, 6) is 0.321. The molecule has 2 fully saturated rings. The molecule has 6 heteroatoms. The lowest BCUT2D eigenvalue weighted by Crippen LogP contribution is -2.40. The van der Waals surface area contributed by atoms with Crippen LogP contribution in [0.1, 0.15) is 51.1 Å². The van der Waals surface area contributed by atoms with E-state index in [1.54, 1.807) is 6.20 Å². The molecule has 0 aromatic carbocycles. The molecule has 1 unspecified atom stereocenters. The summed E-state index contributed by atoms with van der Waals surface area (Å²) in [5.41, 5.74) is 1.08. The maximum atomic E-state index is 12.2. The number of nitrogens with zero attached hydrogens (tertiary/aromatic N) is 4. The first-order valence-corrected chi connectivity index (χ1v) is 8.18. The van der Waals surface area contributed by atoms with Crippen molar-refractivity contribution in [1.82, 2.24) is 25.2 Å². The van der Waals surface area contributed by atoms with Crippen LogP contribution in [0.5, 0.6) is 0 Å². The van der Waals surface area contributed by atoms with Crippen LogP contribution in [0, 0.1) is 0 Å². The Morgan fingerprint density at radius 2 is 2.14 bits per heavy atom. The van der Waals surface area contributed by atoms with Gasteiger partial charge < -0.3 is 10.2 Å². The number of rotatable bonds is 5. The molecule has 1 atom stereocenters. The highest BCUT2D eigenvalue weighted by atomic mass is 16.2. The number of nitrogens with one attached hydrogen (secondary N) is 1. The zero-order valence-electron chi connectivity index (χ0n) is 12.8. The van der Waals surface area contributed by atoms with Crippen LogP contribution in [0.15, 0.2) is 6.20 Å². The summed E-state index contributed by atoms with van der Waals surface area (Å²) < 4.78 is 1.89. The van der Waals surface area contributed by atoms with Gasteiger partial charge >= 0.3 is 0 Å². The number of aromatic nitrogens is 3. The molecular formula is C15H25N5O. The molecule has 1 aliphatic heterocycles. The molecule has 0 bridgehead atoms. The molecule has 1 saturated carbocycles. The van der Waals surface area contributed by atoms with Gasteiger partial charge in [-0.05, 0) is 19.8 Å². The lowest BCUT2D eigenvalue weighted by molar-refractivity contribution is -0.130. The van der Waals surface area contributed by atoms with Crippen molar-refractivity contribution in [3.8, 4) is 0 Å². The molecule has 1 amide bonds. The van der Waals surface area contributed by atoms with E-state index in [1.807, 2.05) is 4.68 Å². The van der Waals surface area contributed by atoms with E-state index in [0.29, 0.717) is 18.4 Å². The first-order valence-electron chi connectivity index (χ1n) is 8.18. The summed E-state index contributed by atoms with van der Waals surface area (Å²) in [6.07, 6.45) is 8.67. The second-order valence-corrected chi connectivity index (χ2v) is 6.16. The average molecular weight is 291 g/mol. The summed E-state index contributed by atoms with van der Waals surface area (Å²) in [4.78, 5) is 14.3. The van der Waals surface area contributed by atoms with Crippen molar-refractivity contribution in [2.45, 2.75) is 70.6 Å². The van der Waals surface area contributed by atoms with E-state index in [1.165, 1.54) is 32.1 Å². The second kappa shape index (κ2) is 6.56. The van der Waals surface area contributed by atoms with Crippen molar-refractivity contribution in [3.63, 3.8) is 0 Å². The maximum absolute atomic E-state index is 12.2. The third-order valence-corrected chi connectivity index (χ3v) is 4.74. The molecule has 2 heterocycles. The zero-order chi connectivity index (χ0) is 14.7. The molecule has 3 rings (SSSR count). The number of aryl methyl sites for hydroxylation is 1. The van der Waals surface area contributed by atoms with Crippen molar-refractivity contribution in [2.75, 3.05) is 6.54 Å². The molecule has 0 spiro atoms. The van der Waals surface area contributed by atoms with Gasteiger partial charge in [0, 0.05) is 38.1 Å². The number of hydrogen-bond donors (Lipinski definition) is 1. The largest absolute Gasteiger partial charge is 0.338 e. The van der Waals surface area contributed by atoms with Crippen LogP contribution in [-0.4, -0.2) is 44.4 Å². The fourth-order valence-electron chi connectivity index (χ4n) is 3.55. The van der Waals surface area contributed by atoms with Crippen molar-refractivity contribution >= 4 is 5.91 Å². The number of hydrogen-bond acceptors (Lipinski definition) is 4. The number of likely N-dealkylation sites (tertiary alicyclic amines) is 1. The molecule has 1 N–H and O–H groups in total. The van der Waals surface area contributed by atoms with Crippen LogP contribution in [-0.2, 0) is 17.9 Å². The van der Waals surface area contributed by atoms with E-state index in [4.69, 9.17) is 0 Å². The van der Waals surface area contributed by atoms with Crippen LogP contribution < -0.4 is 5.32 Å². The van der Waals surface area contributed by atoms with Crippen LogP contribution in [0.2, 0.25) is 0 Å². The van der Waals surface area contributed by atoms with Crippen molar-refractivity contribution in [1.29, 1.82) is 0 Å². The maximum Gasteiger partial charge on any atom is 0.224 e. The Morgan fingerprint density at radius 3 is 2.90 bits per heavy atom. The molecular weight excluding hydrogens is 266 g/mol. The monoisotopic (exact) mass is 291 g/mol. The van der Waals surface area contributed by atoms with Crippen molar-refractivity contribution in [2.24, 2.45) is 0 Å². The molecule has 6 nitrogen and oxygen atoms in total. The molecule has 2 aliphatic rings. The minimum absolute atomic E-state index is 0.264. The number of carbonyl (C=O) groups is 1. The van der Waals surface area contributed by atoms with Crippen molar-refractivity contribution in [3.05, 3.63) is 11.9 Å². The average Bonchev–Trinajstić information content (AvgIpc) is 3.12. The minimum Gasteiger partial charge on any atom is -0.338 e. The quantitative estimate of drug-likeness (QED) is 0.889. The number of amides is 1. The lowest BCUT2D eigenvalue weighted by Gasteiger charge is -2.31. The van der Waals surface area contributed by atoms with Gasteiger partial charge in [-0.15, -0.1) is 5.10 Å². The van der Waals surface area contributed by atoms with E-state index in [9.17, 15) is 4.79 Å². The standard InChI is InChI=1S/C15H25N5O/c1-2-20-14(10-17-18-20)9-16-12-8-15(21)19(11-12)13-6-4-3-5-7-13/h10,12-13,16H,2-9,11H2,1H3. The Morgan fingerprint density at radius 1 is 1.33 bits per heavy atom. The zero-order valence-corrected chi connectivity index (χ0v) is 12.8. The van der Waals surface area contributed by atoms with E-state index in [-0.39, 0.29) is 6.04 Å². The van der Waals surface area contributed by atoms with Gasteiger partial charge in [-0.1, -0.05) is 24.5 Å². The smallest absolute Gasteiger partial charge is 0.224 e. The van der Waals surface area contributed by atoms with Gasteiger partial charge in [0.05, 0.1) is 11.9 Å². The van der Waals surface area contributed by atoms with E-state index >= 15 is 0 Å². The lowest BCUT2D eigenvalue weighted by atomic mass is 9.94. The third-order valence-electron chi connectivity index (χ3n) is 4.74. The van der Waals surface area contributed by atoms with Crippen LogP contribution in [0.4, 0.5) is 0 Å². The van der Waals surface area contributed by atoms with Gasteiger partial charge in [-0.25, -0.2) is 4.68 Å². The number of carbonyl (C=O) groups excluding carboxylic acids is 1. The highest BCUT2D eigenvalue weighted by molar-refractivity contribution is 5.79. The van der Waals surface area contributed by atoms with Gasteiger partial charge in [0.1, 0.15) is 0 Å². The topological polar surface area (TPSA) is 63.1 Å². The molecule has 116 valence electrons.